The van der Waals surface area contributed by atoms with Gasteiger partial charge in [-0.05, 0) is 38.2 Å². The number of hydrogen-bond acceptors (Lipinski definition) is 5. The van der Waals surface area contributed by atoms with Gasteiger partial charge in [0, 0.05) is 31.7 Å². The highest BCUT2D eigenvalue weighted by Gasteiger charge is 2.30. The molecule has 2 aromatic rings. The van der Waals surface area contributed by atoms with Crippen molar-refractivity contribution in [3.05, 3.63) is 41.4 Å². The number of halogens is 1. The summed E-state index contributed by atoms with van der Waals surface area (Å²) < 4.78 is 18.4. The summed E-state index contributed by atoms with van der Waals surface area (Å²) in [5.74, 6) is -0.594. The average molecular weight is 333 g/mol. The van der Waals surface area contributed by atoms with Gasteiger partial charge in [-0.15, -0.1) is 0 Å². The van der Waals surface area contributed by atoms with Crippen molar-refractivity contribution < 1.29 is 18.8 Å². The van der Waals surface area contributed by atoms with E-state index in [1.54, 1.807) is 24.0 Å². The third-order valence-electron chi connectivity index (χ3n) is 4.25. The Labute approximate surface area is 139 Å². The molecule has 2 heterocycles. The van der Waals surface area contributed by atoms with Crippen molar-refractivity contribution in [2.75, 3.05) is 33.2 Å². The molecule has 1 aliphatic heterocycles. The van der Waals surface area contributed by atoms with Crippen LogP contribution in [0.25, 0.3) is 11.3 Å². The third-order valence-corrected chi connectivity index (χ3v) is 4.25. The summed E-state index contributed by atoms with van der Waals surface area (Å²) in [5.41, 5.74) is 1.29. The minimum Gasteiger partial charge on any atom is -0.388 e. The van der Waals surface area contributed by atoms with E-state index >= 15 is 0 Å². The molecule has 0 saturated carbocycles. The first-order chi connectivity index (χ1) is 11.5. The minimum atomic E-state index is -0.928. The first-order valence-corrected chi connectivity index (χ1v) is 7.88. The minimum absolute atomic E-state index is 0.0499. The Morgan fingerprint density at radius 1 is 1.25 bits per heavy atom. The number of amides is 1. The number of benzene rings is 1. The molecule has 1 aromatic heterocycles. The van der Waals surface area contributed by atoms with Crippen LogP contribution < -0.4 is 0 Å². The topological polar surface area (TPSA) is 69.8 Å². The van der Waals surface area contributed by atoms with Crippen LogP contribution in [-0.2, 0) is 0 Å². The Bertz CT molecular complexity index is 719. The second kappa shape index (κ2) is 6.70. The maximum Gasteiger partial charge on any atom is 0.292 e. The number of nitrogens with zero attached hydrogens (tertiary/aromatic N) is 3. The van der Waals surface area contributed by atoms with E-state index in [-0.39, 0.29) is 17.5 Å². The van der Waals surface area contributed by atoms with Crippen LogP contribution in [0.5, 0.6) is 0 Å². The van der Waals surface area contributed by atoms with Crippen molar-refractivity contribution in [1.29, 1.82) is 0 Å². The molecule has 0 aliphatic carbocycles. The van der Waals surface area contributed by atoms with Gasteiger partial charge in [-0.25, -0.2) is 4.39 Å². The standard InChI is InChI=1S/C17H20FN3O3/c1-11(22)14-15(12-3-5-13(18)6-4-12)19-24-16(14)17(23)21-9-7-20(2)8-10-21/h3-6,11,22H,7-10H2,1-2H3/t11-/m0/s1. The van der Waals surface area contributed by atoms with Crippen molar-refractivity contribution in [2.24, 2.45) is 0 Å². The Hall–Kier alpha value is -2.25. The quantitative estimate of drug-likeness (QED) is 0.929. The maximum absolute atomic E-state index is 13.1. The van der Waals surface area contributed by atoms with Crippen LogP contribution in [0, 0.1) is 5.82 Å². The van der Waals surface area contributed by atoms with Gasteiger partial charge in [0.1, 0.15) is 11.5 Å². The second-order valence-electron chi connectivity index (χ2n) is 6.05. The fourth-order valence-electron chi connectivity index (χ4n) is 2.81. The van der Waals surface area contributed by atoms with Gasteiger partial charge in [0.2, 0.25) is 5.76 Å². The summed E-state index contributed by atoms with van der Waals surface area (Å²) in [6.07, 6.45) is -0.928. The number of aliphatic hydroxyl groups excluding tert-OH is 1. The molecule has 0 bridgehead atoms. The molecule has 1 fully saturated rings. The second-order valence-corrected chi connectivity index (χ2v) is 6.05. The number of hydrogen-bond donors (Lipinski definition) is 1. The van der Waals surface area contributed by atoms with E-state index < -0.39 is 6.10 Å². The largest absolute Gasteiger partial charge is 0.388 e. The number of piperazine rings is 1. The zero-order valence-corrected chi connectivity index (χ0v) is 13.7. The predicted molar refractivity (Wildman–Crippen MR) is 85.9 cm³/mol. The van der Waals surface area contributed by atoms with E-state index in [4.69, 9.17) is 4.52 Å². The first kappa shape index (κ1) is 16.6. The zero-order chi connectivity index (χ0) is 17.3. The molecule has 1 amide bonds. The van der Waals surface area contributed by atoms with Crippen LogP contribution in [-0.4, -0.2) is 59.2 Å². The highest BCUT2D eigenvalue weighted by Crippen LogP contribution is 2.31. The number of carbonyl (C=O) groups is 1. The van der Waals surface area contributed by atoms with Crippen molar-refractivity contribution in [2.45, 2.75) is 13.0 Å². The highest BCUT2D eigenvalue weighted by atomic mass is 19.1. The van der Waals surface area contributed by atoms with Crippen molar-refractivity contribution in [3.8, 4) is 11.3 Å². The lowest BCUT2D eigenvalue weighted by atomic mass is 10.0. The number of aliphatic hydroxyl groups is 1. The lowest BCUT2D eigenvalue weighted by molar-refractivity contribution is 0.0615. The number of likely N-dealkylation sites (N-methyl/N-ethyl adjacent to an activating group) is 1. The maximum atomic E-state index is 13.1. The van der Waals surface area contributed by atoms with Gasteiger partial charge in [0.05, 0.1) is 11.7 Å². The van der Waals surface area contributed by atoms with Gasteiger partial charge in [0.25, 0.3) is 5.91 Å². The van der Waals surface area contributed by atoms with E-state index in [1.165, 1.54) is 12.1 Å². The molecule has 1 aliphatic rings. The predicted octanol–water partition coefficient (Wildman–Crippen LogP) is 1.92. The Kier molecular flexibility index (Phi) is 4.64. The van der Waals surface area contributed by atoms with E-state index in [0.29, 0.717) is 29.9 Å². The zero-order valence-electron chi connectivity index (χ0n) is 13.7. The molecule has 1 N–H and O–H groups in total. The third kappa shape index (κ3) is 3.18. The van der Waals surface area contributed by atoms with Gasteiger partial charge in [0.15, 0.2) is 0 Å². The van der Waals surface area contributed by atoms with Gasteiger partial charge in [-0.3, -0.25) is 4.79 Å². The van der Waals surface area contributed by atoms with Crippen molar-refractivity contribution in [3.63, 3.8) is 0 Å². The van der Waals surface area contributed by atoms with Crippen molar-refractivity contribution in [1.82, 2.24) is 15.0 Å². The van der Waals surface area contributed by atoms with Gasteiger partial charge in [-0.1, -0.05) is 5.16 Å². The summed E-state index contributed by atoms with van der Waals surface area (Å²) in [5, 5.41) is 14.1. The Balaban J connectivity index is 1.94. The van der Waals surface area contributed by atoms with E-state index in [9.17, 15) is 14.3 Å². The van der Waals surface area contributed by atoms with Crippen LogP contribution in [0.1, 0.15) is 29.1 Å². The molecule has 3 rings (SSSR count). The normalized spacial score (nSPS) is 17.1. The van der Waals surface area contributed by atoms with Gasteiger partial charge in [-0.2, -0.15) is 0 Å². The van der Waals surface area contributed by atoms with Crippen molar-refractivity contribution >= 4 is 5.91 Å². The molecule has 128 valence electrons. The molecule has 0 radical (unpaired) electrons. The molecule has 7 heteroatoms. The summed E-state index contributed by atoms with van der Waals surface area (Å²) >= 11 is 0. The fourth-order valence-corrected chi connectivity index (χ4v) is 2.81. The van der Waals surface area contributed by atoms with Gasteiger partial charge >= 0.3 is 0 Å². The molecular weight excluding hydrogens is 313 g/mol. The van der Waals surface area contributed by atoms with Crippen LogP contribution in [0.2, 0.25) is 0 Å². The molecule has 0 unspecified atom stereocenters. The molecular formula is C17H20FN3O3. The molecule has 0 spiro atoms. The number of aromatic nitrogens is 1. The molecule has 1 saturated heterocycles. The lowest BCUT2D eigenvalue weighted by Crippen LogP contribution is -2.47. The Morgan fingerprint density at radius 3 is 2.46 bits per heavy atom. The average Bonchev–Trinajstić information content (AvgIpc) is 3.01. The molecule has 24 heavy (non-hydrogen) atoms. The van der Waals surface area contributed by atoms with E-state index in [0.717, 1.165) is 13.1 Å². The SMILES string of the molecule is C[C@H](O)c1c(-c2ccc(F)cc2)noc1C(=O)N1CCN(C)CC1. The van der Waals surface area contributed by atoms with E-state index in [2.05, 4.69) is 10.1 Å². The summed E-state index contributed by atoms with van der Waals surface area (Å²) in [6, 6.07) is 5.70. The van der Waals surface area contributed by atoms with Crippen LogP contribution in [0.4, 0.5) is 4.39 Å². The highest BCUT2D eigenvalue weighted by molar-refractivity contribution is 5.94. The summed E-state index contributed by atoms with van der Waals surface area (Å²) in [4.78, 5) is 16.6. The monoisotopic (exact) mass is 333 g/mol. The molecule has 6 nitrogen and oxygen atoms in total. The van der Waals surface area contributed by atoms with E-state index in [1.807, 2.05) is 7.05 Å². The summed E-state index contributed by atoms with van der Waals surface area (Å²) in [6.45, 7) is 4.33. The van der Waals surface area contributed by atoms with Crippen LogP contribution in [0.15, 0.2) is 28.8 Å². The number of rotatable bonds is 3. The first-order valence-electron chi connectivity index (χ1n) is 7.88. The number of carbonyl (C=O) groups excluding carboxylic acids is 1. The fraction of sp³-hybridized carbons (Fsp3) is 0.412. The smallest absolute Gasteiger partial charge is 0.292 e. The van der Waals surface area contributed by atoms with Gasteiger partial charge < -0.3 is 19.4 Å². The molecule has 1 atom stereocenters. The molecule has 1 aromatic carbocycles. The van der Waals surface area contributed by atoms with Crippen LogP contribution >= 0.6 is 0 Å². The van der Waals surface area contributed by atoms with Crippen LogP contribution in [0.3, 0.4) is 0 Å². The summed E-state index contributed by atoms with van der Waals surface area (Å²) in [7, 11) is 2.00. The lowest BCUT2D eigenvalue weighted by Gasteiger charge is -2.31. The Morgan fingerprint density at radius 2 is 1.88 bits per heavy atom.